The standard InChI is InChI=1S/C20H33N3O3.HI/c1-5-6-11-26-12-7-9-22-20(21-2)23-10-8-16-13-18(24-3)19(25-4)14-17(16)15-23;/h13-14H,5-12,15H2,1-4H3,(H,21,22);1H. The number of nitrogens with zero attached hydrogens (tertiary/aromatic N) is 2. The molecule has 0 amide bonds. The van der Waals surface area contributed by atoms with Crippen molar-refractivity contribution in [2.24, 2.45) is 4.99 Å². The van der Waals surface area contributed by atoms with Gasteiger partial charge in [-0.05, 0) is 42.5 Å². The summed E-state index contributed by atoms with van der Waals surface area (Å²) in [6.45, 7) is 6.46. The molecule has 0 radical (unpaired) electrons. The van der Waals surface area contributed by atoms with E-state index in [1.165, 1.54) is 17.5 Å². The van der Waals surface area contributed by atoms with Crippen LogP contribution in [0.4, 0.5) is 0 Å². The Morgan fingerprint density at radius 3 is 2.41 bits per heavy atom. The first-order valence-corrected chi connectivity index (χ1v) is 9.50. The van der Waals surface area contributed by atoms with Crippen LogP contribution in [-0.2, 0) is 17.7 Å². The molecule has 1 N–H and O–H groups in total. The van der Waals surface area contributed by atoms with Crippen molar-refractivity contribution in [1.82, 2.24) is 10.2 Å². The van der Waals surface area contributed by atoms with Crippen LogP contribution < -0.4 is 14.8 Å². The number of hydrogen-bond acceptors (Lipinski definition) is 4. The molecule has 0 fully saturated rings. The van der Waals surface area contributed by atoms with Crippen LogP contribution in [-0.4, -0.2) is 58.4 Å². The topological polar surface area (TPSA) is 55.3 Å². The normalized spacial score (nSPS) is 13.6. The van der Waals surface area contributed by atoms with Crippen molar-refractivity contribution in [3.8, 4) is 11.5 Å². The molecule has 27 heavy (non-hydrogen) atoms. The third kappa shape index (κ3) is 7.03. The second-order valence-corrected chi connectivity index (χ2v) is 6.44. The highest BCUT2D eigenvalue weighted by molar-refractivity contribution is 14.0. The Morgan fingerprint density at radius 1 is 1.11 bits per heavy atom. The molecule has 0 saturated carbocycles. The Kier molecular flexibility index (Phi) is 11.5. The summed E-state index contributed by atoms with van der Waals surface area (Å²) in [5, 5.41) is 3.45. The van der Waals surface area contributed by atoms with Crippen molar-refractivity contribution in [3.63, 3.8) is 0 Å². The zero-order chi connectivity index (χ0) is 18.8. The second kappa shape index (κ2) is 13.0. The van der Waals surface area contributed by atoms with Gasteiger partial charge in [0, 0.05) is 39.9 Å². The monoisotopic (exact) mass is 491 g/mol. The van der Waals surface area contributed by atoms with Crippen LogP contribution in [0.25, 0.3) is 0 Å². The number of ether oxygens (including phenoxy) is 3. The number of nitrogens with one attached hydrogen (secondary N) is 1. The summed E-state index contributed by atoms with van der Waals surface area (Å²) < 4.78 is 16.5. The Labute approximate surface area is 180 Å². The summed E-state index contributed by atoms with van der Waals surface area (Å²) in [5.74, 6) is 2.52. The van der Waals surface area contributed by atoms with Gasteiger partial charge in [0.2, 0.25) is 0 Å². The minimum Gasteiger partial charge on any atom is -0.493 e. The highest BCUT2D eigenvalue weighted by atomic mass is 127. The third-order valence-corrected chi connectivity index (χ3v) is 4.62. The molecule has 1 aliphatic heterocycles. The minimum absolute atomic E-state index is 0. The van der Waals surface area contributed by atoms with Crippen molar-refractivity contribution in [3.05, 3.63) is 23.3 Å². The van der Waals surface area contributed by atoms with Crippen LogP contribution >= 0.6 is 24.0 Å². The van der Waals surface area contributed by atoms with E-state index in [-0.39, 0.29) is 24.0 Å². The number of unbranched alkanes of at least 4 members (excludes halogenated alkanes) is 1. The first kappa shape index (κ1) is 23.8. The van der Waals surface area contributed by atoms with Gasteiger partial charge in [0.25, 0.3) is 0 Å². The van der Waals surface area contributed by atoms with Gasteiger partial charge in [-0.1, -0.05) is 13.3 Å². The lowest BCUT2D eigenvalue weighted by Gasteiger charge is -2.32. The van der Waals surface area contributed by atoms with Gasteiger partial charge in [0.1, 0.15) is 0 Å². The lowest BCUT2D eigenvalue weighted by Crippen LogP contribution is -2.44. The largest absolute Gasteiger partial charge is 0.493 e. The highest BCUT2D eigenvalue weighted by Gasteiger charge is 2.21. The summed E-state index contributed by atoms with van der Waals surface area (Å²) in [7, 11) is 5.19. The van der Waals surface area contributed by atoms with E-state index in [1.54, 1.807) is 14.2 Å². The van der Waals surface area contributed by atoms with E-state index in [2.05, 4.69) is 34.3 Å². The average molecular weight is 491 g/mol. The molecule has 0 unspecified atom stereocenters. The summed E-state index contributed by atoms with van der Waals surface area (Å²) >= 11 is 0. The maximum absolute atomic E-state index is 5.61. The molecule has 0 bridgehead atoms. The highest BCUT2D eigenvalue weighted by Crippen LogP contribution is 2.33. The molecule has 1 heterocycles. The molecule has 6 nitrogen and oxygen atoms in total. The Morgan fingerprint density at radius 2 is 1.78 bits per heavy atom. The summed E-state index contributed by atoms with van der Waals surface area (Å²) in [5.41, 5.74) is 2.58. The van der Waals surface area contributed by atoms with Gasteiger partial charge in [-0.15, -0.1) is 24.0 Å². The molecule has 1 aliphatic rings. The van der Waals surface area contributed by atoms with Gasteiger partial charge in [-0.2, -0.15) is 0 Å². The molecule has 1 aromatic carbocycles. The molecule has 0 aliphatic carbocycles. The Balaban J connectivity index is 0.00000364. The Hall–Kier alpha value is -1.22. The molecule has 2 rings (SSSR count). The van der Waals surface area contributed by atoms with Crippen LogP contribution in [0.15, 0.2) is 17.1 Å². The summed E-state index contributed by atoms with van der Waals surface area (Å²) in [6.07, 6.45) is 4.27. The molecule has 7 heteroatoms. The van der Waals surface area contributed by atoms with E-state index in [1.807, 2.05) is 7.05 Å². The van der Waals surface area contributed by atoms with E-state index < -0.39 is 0 Å². The average Bonchev–Trinajstić information content (AvgIpc) is 2.68. The smallest absolute Gasteiger partial charge is 0.193 e. The third-order valence-electron chi connectivity index (χ3n) is 4.62. The van der Waals surface area contributed by atoms with Crippen molar-refractivity contribution in [2.75, 3.05) is 47.6 Å². The first-order valence-electron chi connectivity index (χ1n) is 9.50. The maximum atomic E-state index is 5.61. The predicted octanol–water partition coefficient (Wildman–Crippen LogP) is 3.46. The fourth-order valence-electron chi connectivity index (χ4n) is 3.12. The van der Waals surface area contributed by atoms with Gasteiger partial charge in [0.05, 0.1) is 14.2 Å². The fraction of sp³-hybridized carbons (Fsp3) is 0.650. The Bertz CT molecular complexity index is 596. The van der Waals surface area contributed by atoms with Crippen molar-refractivity contribution in [1.29, 1.82) is 0 Å². The van der Waals surface area contributed by atoms with Crippen LogP contribution in [0.1, 0.15) is 37.3 Å². The van der Waals surface area contributed by atoms with Crippen LogP contribution in [0.5, 0.6) is 11.5 Å². The van der Waals surface area contributed by atoms with E-state index in [9.17, 15) is 0 Å². The van der Waals surface area contributed by atoms with Crippen molar-refractivity contribution < 1.29 is 14.2 Å². The number of aliphatic imine (C=N–C) groups is 1. The van der Waals surface area contributed by atoms with Crippen molar-refractivity contribution in [2.45, 2.75) is 39.2 Å². The number of benzene rings is 1. The second-order valence-electron chi connectivity index (χ2n) is 6.44. The molecule has 0 atom stereocenters. The summed E-state index contributed by atoms with van der Waals surface area (Å²) in [6, 6.07) is 4.17. The number of fused-ring (bicyclic) bond motifs is 1. The van der Waals surface area contributed by atoms with Gasteiger partial charge in [-0.25, -0.2) is 0 Å². The van der Waals surface area contributed by atoms with E-state index >= 15 is 0 Å². The molecule has 0 saturated heterocycles. The first-order chi connectivity index (χ1) is 12.7. The number of hydrogen-bond donors (Lipinski definition) is 1. The molecule has 0 aromatic heterocycles. The maximum Gasteiger partial charge on any atom is 0.193 e. The van der Waals surface area contributed by atoms with Crippen molar-refractivity contribution >= 4 is 29.9 Å². The molecule has 1 aromatic rings. The zero-order valence-corrected chi connectivity index (χ0v) is 19.4. The van der Waals surface area contributed by atoms with Crippen LogP contribution in [0, 0.1) is 0 Å². The lowest BCUT2D eigenvalue weighted by atomic mass is 9.99. The number of halogens is 1. The minimum atomic E-state index is 0. The fourth-order valence-corrected chi connectivity index (χ4v) is 3.12. The quantitative estimate of drug-likeness (QED) is 0.248. The van der Waals surface area contributed by atoms with E-state index in [0.29, 0.717) is 0 Å². The summed E-state index contributed by atoms with van der Waals surface area (Å²) in [4.78, 5) is 6.73. The van der Waals surface area contributed by atoms with Crippen LogP contribution in [0.2, 0.25) is 0 Å². The molecule has 154 valence electrons. The molecular formula is C20H34IN3O3. The number of methoxy groups -OCH3 is 2. The van der Waals surface area contributed by atoms with Gasteiger partial charge >= 0.3 is 0 Å². The number of rotatable bonds is 9. The predicted molar refractivity (Wildman–Crippen MR) is 121 cm³/mol. The number of guanidine groups is 1. The van der Waals surface area contributed by atoms with E-state index in [4.69, 9.17) is 14.2 Å². The lowest BCUT2D eigenvalue weighted by molar-refractivity contribution is 0.129. The van der Waals surface area contributed by atoms with Gasteiger partial charge in [0.15, 0.2) is 17.5 Å². The zero-order valence-electron chi connectivity index (χ0n) is 17.0. The van der Waals surface area contributed by atoms with Gasteiger partial charge < -0.3 is 24.4 Å². The molecular weight excluding hydrogens is 457 g/mol. The van der Waals surface area contributed by atoms with Gasteiger partial charge in [-0.3, -0.25) is 4.99 Å². The SMILES string of the molecule is CCCCOCCCNC(=NC)N1CCc2cc(OC)c(OC)cc2C1.I. The molecule has 0 spiro atoms. The van der Waals surface area contributed by atoms with E-state index in [0.717, 1.165) is 69.6 Å². The van der Waals surface area contributed by atoms with Crippen LogP contribution in [0.3, 0.4) is 0 Å².